The quantitative estimate of drug-likeness (QED) is 0.827. The number of alkyl halides is 3. The number of nitrogens with zero attached hydrogens (tertiary/aromatic N) is 1. The summed E-state index contributed by atoms with van der Waals surface area (Å²) in [5, 5.41) is 11.6. The lowest BCUT2D eigenvalue weighted by Gasteiger charge is -2.12. The molecule has 0 aliphatic rings. The van der Waals surface area contributed by atoms with Gasteiger partial charge in [0.25, 0.3) is 0 Å². The normalized spacial score (nSPS) is 10.9. The van der Waals surface area contributed by atoms with Gasteiger partial charge >= 0.3 is 6.18 Å². The van der Waals surface area contributed by atoms with Gasteiger partial charge in [-0.15, -0.1) is 0 Å². The summed E-state index contributed by atoms with van der Waals surface area (Å²) in [5.41, 5.74) is -0.413. The molecule has 0 bridgehead atoms. The molecule has 0 aromatic heterocycles. The number of anilines is 2. The van der Waals surface area contributed by atoms with E-state index in [0.29, 0.717) is 5.69 Å². The fourth-order valence-corrected chi connectivity index (χ4v) is 2.09. The second kappa shape index (κ2) is 5.55. The zero-order valence-electron chi connectivity index (χ0n) is 10.0. The van der Waals surface area contributed by atoms with Crippen molar-refractivity contribution < 1.29 is 13.2 Å². The van der Waals surface area contributed by atoms with Gasteiger partial charge < -0.3 is 5.32 Å². The Morgan fingerprint density at radius 3 is 2.35 bits per heavy atom. The minimum atomic E-state index is -4.56. The smallest absolute Gasteiger partial charge is 0.355 e. The van der Waals surface area contributed by atoms with Gasteiger partial charge in [-0.25, -0.2) is 0 Å². The van der Waals surface area contributed by atoms with Crippen LogP contribution in [-0.4, -0.2) is 0 Å². The zero-order chi connectivity index (χ0) is 14.8. The molecule has 0 heterocycles. The van der Waals surface area contributed by atoms with E-state index in [2.05, 4.69) is 21.2 Å². The van der Waals surface area contributed by atoms with E-state index >= 15 is 0 Å². The third kappa shape index (κ3) is 3.31. The van der Waals surface area contributed by atoms with Crippen LogP contribution in [-0.2, 0) is 6.18 Å². The van der Waals surface area contributed by atoms with E-state index in [1.54, 1.807) is 24.3 Å². The minimum Gasteiger partial charge on any atom is -0.355 e. The minimum absolute atomic E-state index is 0.273. The van der Waals surface area contributed by atoms with Gasteiger partial charge in [0.2, 0.25) is 0 Å². The van der Waals surface area contributed by atoms with E-state index in [-0.39, 0.29) is 5.69 Å². The van der Waals surface area contributed by atoms with Gasteiger partial charge in [-0.1, -0.05) is 22.0 Å². The van der Waals surface area contributed by atoms with E-state index in [1.807, 2.05) is 6.07 Å². The average Bonchev–Trinajstić information content (AvgIpc) is 2.37. The number of hydrogen-bond donors (Lipinski definition) is 1. The van der Waals surface area contributed by atoms with E-state index in [9.17, 15) is 13.2 Å². The highest BCUT2D eigenvalue weighted by molar-refractivity contribution is 9.10. The van der Waals surface area contributed by atoms with Crippen LogP contribution in [0.2, 0.25) is 0 Å². The Labute approximate surface area is 122 Å². The molecule has 0 unspecified atom stereocenters. The van der Waals surface area contributed by atoms with Crippen molar-refractivity contribution in [3.8, 4) is 6.07 Å². The molecular formula is C14H8BrF3N2. The maximum absolute atomic E-state index is 12.8. The fourth-order valence-electron chi connectivity index (χ4n) is 1.69. The molecule has 0 aliphatic carbocycles. The van der Waals surface area contributed by atoms with Crippen LogP contribution in [0.15, 0.2) is 46.9 Å². The fraction of sp³-hybridized carbons (Fsp3) is 0.0714. The molecule has 20 heavy (non-hydrogen) atoms. The van der Waals surface area contributed by atoms with Crippen LogP contribution in [0.4, 0.5) is 24.5 Å². The van der Waals surface area contributed by atoms with Crippen molar-refractivity contribution in [2.75, 3.05) is 5.32 Å². The lowest BCUT2D eigenvalue weighted by atomic mass is 10.1. The third-order valence-corrected chi connectivity index (χ3v) is 3.05. The van der Waals surface area contributed by atoms with Gasteiger partial charge in [0.15, 0.2) is 0 Å². The first-order valence-electron chi connectivity index (χ1n) is 5.54. The second-order valence-corrected chi connectivity index (χ2v) is 4.92. The molecule has 2 nitrogen and oxygen atoms in total. The largest absolute Gasteiger partial charge is 0.417 e. The number of benzene rings is 2. The van der Waals surface area contributed by atoms with Crippen molar-refractivity contribution in [3.63, 3.8) is 0 Å². The molecule has 0 amide bonds. The van der Waals surface area contributed by atoms with Gasteiger partial charge in [-0.05, 0) is 36.4 Å². The van der Waals surface area contributed by atoms with Crippen LogP contribution >= 0.6 is 15.9 Å². The highest BCUT2D eigenvalue weighted by Gasteiger charge is 2.33. The standard InChI is InChI=1S/C14H8BrF3N2/c15-10-2-1-3-11(6-10)20-12-5-4-9(8-19)13(7-12)14(16,17)18/h1-7,20H. The number of nitrogens with one attached hydrogen (secondary N) is 1. The second-order valence-electron chi connectivity index (χ2n) is 4.01. The number of nitriles is 1. The highest BCUT2D eigenvalue weighted by atomic mass is 79.9. The molecule has 2 rings (SSSR count). The van der Waals surface area contributed by atoms with Crippen LogP contribution < -0.4 is 5.32 Å². The van der Waals surface area contributed by atoms with Gasteiger partial charge in [-0.3, -0.25) is 0 Å². The Morgan fingerprint density at radius 2 is 1.75 bits per heavy atom. The molecule has 1 N–H and O–H groups in total. The summed E-state index contributed by atoms with van der Waals surface area (Å²) in [4.78, 5) is 0. The van der Waals surface area contributed by atoms with Crippen molar-refractivity contribution >= 4 is 27.3 Å². The molecule has 2 aromatic rings. The maximum atomic E-state index is 12.8. The molecule has 0 saturated carbocycles. The van der Waals surface area contributed by atoms with Crippen molar-refractivity contribution in [3.05, 3.63) is 58.1 Å². The maximum Gasteiger partial charge on any atom is 0.417 e. The summed E-state index contributed by atoms with van der Waals surface area (Å²) in [6.45, 7) is 0. The summed E-state index contributed by atoms with van der Waals surface area (Å²) in [6.07, 6.45) is -4.56. The summed E-state index contributed by atoms with van der Waals surface area (Å²) < 4.78 is 39.3. The van der Waals surface area contributed by atoms with Crippen LogP contribution in [0.5, 0.6) is 0 Å². The van der Waals surface area contributed by atoms with E-state index in [1.165, 1.54) is 6.07 Å². The van der Waals surface area contributed by atoms with Crippen molar-refractivity contribution in [1.82, 2.24) is 0 Å². The summed E-state index contributed by atoms with van der Waals surface area (Å²) in [7, 11) is 0. The Kier molecular flexibility index (Phi) is 4.00. The monoisotopic (exact) mass is 340 g/mol. The molecular weight excluding hydrogens is 333 g/mol. The Hall–Kier alpha value is -2.00. The predicted octanol–water partition coefficient (Wildman–Crippen LogP) is 5.08. The van der Waals surface area contributed by atoms with Crippen molar-refractivity contribution in [2.24, 2.45) is 0 Å². The molecule has 0 saturated heterocycles. The van der Waals surface area contributed by atoms with Crippen LogP contribution in [0, 0.1) is 11.3 Å². The van der Waals surface area contributed by atoms with Crippen LogP contribution in [0.25, 0.3) is 0 Å². The first-order chi connectivity index (χ1) is 9.40. The first-order valence-corrected chi connectivity index (χ1v) is 6.33. The SMILES string of the molecule is N#Cc1ccc(Nc2cccc(Br)c2)cc1C(F)(F)F. The molecule has 0 aliphatic heterocycles. The van der Waals surface area contributed by atoms with E-state index in [0.717, 1.165) is 16.6 Å². The van der Waals surface area contributed by atoms with Crippen molar-refractivity contribution in [1.29, 1.82) is 5.26 Å². The molecule has 6 heteroatoms. The van der Waals surface area contributed by atoms with Gasteiger partial charge in [0.05, 0.1) is 17.2 Å². The van der Waals surface area contributed by atoms with E-state index in [4.69, 9.17) is 5.26 Å². The van der Waals surface area contributed by atoms with Gasteiger partial charge in [0.1, 0.15) is 0 Å². The lowest BCUT2D eigenvalue weighted by Crippen LogP contribution is -2.08. The molecule has 2 aromatic carbocycles. The summed E-state index contributed by atoms with van der Waals surface area (Å²) >= 11 is 3.28. The number of rotatable bonds is 2. The highest BCUT2D eigenvalue weighted by Crippen LogP contribution is 2.34. The van der Waals surface area contributed by atoms with Gasteiger partial charge in [-0.2, -0.15) is 18.4 Å². The third-order valence-electron chi connectivity index (χ3n) is 2.56. The Bertz CT molecular complexity index is 675. The zero-order valence-corrected chi connectivity index (χ0v) is 11.6. The van der Waals surface area contributed by atoms with Crippen LogP contribution in [0.3, 0.4) is 0 Å². The molecule has 0 spiro atoms. The number of hydrogen-bond acceptors (Lipinski definition) is 2. The van der Waals surface area contributed by atoms with Crippen LogP contribution in [0.1, 0.15) is 11.1 Å². The average molecular weight is 341 g/mol. The molecule has 0 fully saturated rings. The number of halogens is 4. The first kappa shape index (κ1) is 14.4. The Balaban J connectivity index is 2.37. The van der Waals surface area contributed by atoms with E-state index < -0.39 is 17.3 Å². The topological polar surface area (TPSA) is 35.8 Å². The molecule has 102 valence electrons. The summed E-state index contributed by atoms with van der Waals surface area (Å²) in [6, 6.07) is 12.1. The molecule has 0 atom stereocenters. The molecule has 0 radical (unpaired) electrons. The van der Waals surface area contributed by atoms with Crippen molar-refractivity contribution in [2.45, 2.75) is 6.18 Å². The predicted molar refractivity (Wildman–Crippen MR) is 73.6 cm³/mol. The Morgan fingerprint density at radius 1 is 1.05 bits per heavy atom. The van der Waals surface area contributed by atoms with Gasteiger partial charge in [0, 0.05) is 15.8 Å². The summed E-state index contributed by atoms with van der Waals surface area (Å²) in [5.74, 6) is 0. The lowest BCUT2D eigenvalue weighted by molar-refractivity contribution is -0.137.